The molecule has 5 nitrogen and oxygen atoms in total. The largest absolute Gasteiger partial charge is 0.463 e. The highest BCUT2D eigenvalue weighted by Crippen LogP contribution is 2.20. The number of aromatic nitrogens is 1. The summed E-state index contributed by atoms with van der Waals surface area (Å²) >= 11 is 3.28. The summed E-state index contributed by atoms with van der Waals surface area (Å²) < 4.78 is 5.78. The van der Waals surface area contributed by atoms with Gasteiger partial charge in [0.25, 0.3) is 0 Å². The Morgan fingerprint density at radius 3 is 2.84 bits per heavy atom. The summed E-state index contributed by atoms with van der Waals surface area (Å²) in [6.45, 7) is 3.90. The zero-order chi connectivity index (χ0) is 14.4. The number of esters is 1. The quantitative estimate of drug-likeness (QED) is 0.638. The van der Waals surface area contributed by atoms with Gasteiger partial charge in [0.05, 0.1) is 18.0 Å². The molecule has 0 spiro atoms. The number of anilines is 1. The molecule has 4 N–H and O–H groups in total. The maximum atomic E-state index is 11.8. The van der Waals surface area contributed by atoms with Gasteiger partial charge in [0.15, 0.2) is 0 Å². The zero-order valence-corrected chi connectivity index (χ0v) is 12.6. The number of carbonyl (C=O) groups excluding carboxylic acids is 1. The number of pyridine rings is 1. The SMILES string of the molecule is CCOC(=O)/C(=C/c1ncc(Br)cc1N)CC(C)N. The van der Waals surface area contributed by atoms with Crippen LogP contribution in [0, 0.1) is 0 Å². The maximum Gasteiger partial charge on any atom is 0.334 e. The molecule has 1 heterocycles. The van der Waals surface area contributed by atoms with Gasteiger partial charge in [0.2, 0.25) is 0 Å². The van der Waals surface area contributed by atoms with Crippen molar-refractivity contribution in [1.29, 1.82) is 0 Å². The first-order valence-electron chi connectivity index (χ1n) is 5.98. The van der Waals surface area contributed by atoms with Crippen LogP contribution in [-0.4, -0.2) is 23.6 Å². The topological polar surface area (TPSA) is 91.2 Å². The second-order valence-electron chi connectivity index (χ2n) is 4.20. The third kappa shape index (κ3) is 5.00. The maximum absolute atomic E-state index is 11.8. The van der Waals surface area contributed by atoms with Crippen molar-refractivity contribution in [3.63, 3.8) is 0 Å². The molecule has 6 heteroatoms. The van der Waals surface area contributed by atoms with E-state index < -0.39 is 0 Å². The van der Waals surface area contributed by atoms with Crippen molar-refractivity contribution in [3.05, 3.63) is 28.0 Å². The molecule has 104 valence electrons. The third-order valence-electron chi connectivity index (χ3n) is 2.31. The van der Waals surface area contributed by atoms with Crippen molar-refractivity contribution in [2.45, 2.75) is 26.3 Å². The Hall–Kier alpha value is -1.40. The monoisotopic (exact) mass is 327 g/mol. The van der Waals surface area contributed by atoms with Gasteiger partial charge in [-0.15, -0.1) is 0 Å². The van der Waals surface area contributed by atoms with Gasteiger partial charge in [-0.05, 0) is 48.3 Å². The number of hydrogen-bond donors (Lipinski definition) is 2. The van der Waals surface area contributed by atoms with E-state index in [9.17, 15) is 4.79 Å². The van der Waals surface area contributed by atoms with Gasteiger partial charge in [-0.3, -0.25) is 4.98 Å². The summed E-state index contributed by atoms with van der Waals surface area (Å²) in [5.41, 5.74) is 13.1. The number of halogens is 1. The molecule has 0 saturated heterocycles. The van der Waals surface area contributed by atoms with E-state index in [1.807, 2.05) is 6.92 Å². The van der Waals surface area contributed by atoms with Crippen LogP contribution in [0.3, 0.4) is 0 Å². The lowest BCUT2D eigenvalue weighted by Gasteiger charge is -2.10. The highest BCUT2D eigenvalue weighted by atomic mass is 79.9. The molecule has 0 bridgehead atoms. The first-order chi connectivity index (χ1) is 8.93. The summed E-state index contributed by atoms with van der Waals surface area (Å²) in [7, 11) is 0. The van der Waals surface area contributed by atoms with Crippen LogP contribution >= 0.6 is 15.9 Å². The van der Waals surface area contributed by atoms with E-state index in [1.54, 1.807) is 25.3 Å². The molecule has 0 amide bonds. The lowest BCUT2D eigenvalue weighted by Crippen LogP contribution is -2.19. The fourth-order valence-electron chi connectivity index (χ4n) is 1.52. The van der Waals surface area contributed by atoms with E-state index in [0.717, 1.165) is 4.47 Å². The van der Waals surface area contributed by atoms with E-state index in [2.05, 4.69) is 20.9 Å². The van der Waals surface area contributed by atoms with Gasteiger partial charge in [-0.1, -0.05) is 0 Å². The number of nitrogens with zero attached hydrogens (tertiary/aromatic N) is 1. The van der Waals surface area contributed by atoms with Gasteiger partial charge >= 0.3 is 5.97 Å². The van der Waals surface area contributed by atoms with Crippen LogP contribution in [-0.2, 0) is 9.53 Å². The van der Waals surface area contributed by atoms with E-state index >= 15 is 0 Å². The minimum atomic E-state index is -0.385. The van der Waals surface area contributed by atoms with Crippen molar-refractivity contribution < 1.29 is 9.53 Å². The van der Waals surface area contributed by atoms with Crippen molar-refractivity contribution >= 4 is 33.7 Å². The van der Waals surface area contributed by atoms with Crippen molar-refractivity contribution in [2.75, 3.05) is 12.3 Å². The van der Waals surface area contributed by atoms with Crippen molar-refractivity contribution in [1.82, 2.24) is 4.98 Å². The first kappa shape index (κ1) is 15.7. The number of ether oxygens (including phenoxy) is 1. The Morgan fingerprint density at radius 1 is 1.63 bits per heavy atom. The smallest absolute Gasteiger partial charge is 0.334 e. The molecular formula is C13H18BrN3O2. The Balaban J connectivity index is 3.07. The summed E-state index contributed by atoms with van der Waals surface area (Å²) in [5, 5.41) is 0. The summed E-state index contributed by atoms with van der Waals surface area (Å²) in [5.74, 6) is -0.385. The minimum Gasteiger partial charge on any atom is -0.463 e. The summed E-state index contributed by atoms with van der Waals surface area (Å²) in [6, 6.07) is 1.58. The van der Waals surface area contributed by atoms with Gasteiger partial charge in [-0.2, -0.15) is 0 Å². The van der Waals surface area contributed by atoms with E-state index in [4.69, 9.17) is 16.2 Å². The molecule has 0 aliphatic heterocycles. The van der Waals surface area contributed by atoms with Gasteiger partial charge < -0.3 is 16.2 Å². The molecule has 19 heavy (non-hydrogen) atoms. The van der Waals surface area contributed by atoms with Crippen LogP contribution in [0.25, 0.3) is 6.08 Å². The molecule has 0 aromatic carbocycles. The molecule has 1 unspecified atom stereocenters. The van der Waals surface area contributed by atoms with Gasteiger partial charge in [0, 0.05) is 22.3 Å². The average molecular weight is 328 g/mol. The number of nitrogens with two attached hydrogens (primary N) is 2. The van der Waals surface area contributed by atoms with Gasteiger partial charge in [-0.25, -0.2) is 4.79 Å². The molecule has 0 radical (unpaired) electrons. The normalized spacial score (nSPS) is 13.2. The Bertz CT molecular complexity index is 487. The number of nitrogen functional groups attached to an aromatic ring is 1. The first-order valence-corrected chi connectivity index (χ1v) is 6.77. The molecule has 1 atom stereocenters. The highest BCUT2D eigenvalue weighted by molar-refractivity contribution is 9.10. The zero-order valence-electron chi connectivity index (χ0n) is 11.0. The van der Waals surface area contributed by atoms with Crippen molar-refractivity contribution in [3.8, 4) is 0 Å². The minimum absolute atomic E-state index is 0.146. The van der Waals surface area contributed by atoms with Crippen LogP contribution in [0.5, 0.6) is 0 Å². The molecule has 0 saturated carbocycles. The fraction of sp³-hybridized carbons (Fsp3) is 0.385. The summed E-state index contributed by atoms with van der Waals surface area (Å²) in [4.78, 5) is 16.0. The second-order valence-corrected chi connectivity index (χ2v) is 5.12. The Morgan fingerprint density at radius 2 is 2.32 bits per heavy atom. The van der Waals surface area contributed by atoms with Crippen LogP contribution < -0.4 is 11.5 Å². The standard InChI is InChI=1S/C13H18BrN3O2/c1-3-19-13(18)9(4-8(2)15)5-12-11(16)6-10(14)7-17-12/h5-8H,3-4,15-16H2,1-2H3/b9-5+. The predicted molar refractivity (Wildman–Crippen MR) is 79.2 cm³/mol. The van der Waals surface area contributed by atoms with Crippen molar-refractivity contribution in [2.24, 2.45) is 5.73 Å². The van der Waals surface area contributed by atoms with E-state index in [0.29, 0.717) is 30.0 Å². The van der Waals surface area contributed by atoms with E-state index in [1.165, 1.54) is 0 Å². The van der Waals surface area contributed by atoms with Gasteiger partial charge in [0.1, 0.15) is 0 Å². The fourth-order valence-corrected chi connectivity index (χ4v) is 1.87. The van der Waals surface area contributed by atoms with Crippen LogP contribution in [0.1, 0.15) is 26.0 Å². The molecule has 1 aromatic rings. The molecular weight excluding hydrogens is 310 g/mol. The van der Waals surface area contributed by atoms with Crippen LogP contribution in [0.2, 0.25) is 0 Å². The molecule has 1 aromatic heterocycles. The average Bonchev–Trinajstić information content (AvgIpc) is 2.31. The third-order valence-corrected chi connectivity index (χ3v) is 2.74. The van der Waals surface area contributed by atoms with Crippen LogP contribution in [0.15, 0.2) is 22.3 Å². The number of carbonyl (C=O) groups is 1. The number of rotatable bonds is 5. The van der Waals surface area contributed by atoms with Crippen LogP contribution in [0.4, 0.5) is 5.69 Å². The molecule has 1 rings (SSSR count). The predicted octanol–water partition coefficient (Wildman–Crippen LogP) is 2.11. The number of hydrogen-bond acceptors (Lipinski definition) is 5. The Kier molecular flexibility index (Phi) is 5.98. The van der Waals surface area contributed by atoms with E-state index in [-0.39, 0.29) is 12.0 Å². The second kappa shape index (κ2) is 7.25. The molecule has 0 fully saturated rings. The summed E-state index contributed by atoms with van der Waals surface area (Å²) in [6.07, 6.45) is 3.66. The Labute approximate surface area is 121 Å². The molecule has 0 aliphatic rings. The molecule has 0 aliphatic carbocycles. The highest BCUT2D eigenvalue weighted by Gasteiger charge is 2.14. The lowest BCUT2D eigenvalue weighted by molar-refractivity contribution is -0.138. The lowest BCUT2D eigenvalue weighted by atomic mass is 10.1.